The van der Waals surface area contributed by atoms with E-state index >= 15 is 0 Å². The first-order valence-electron chi connectivity index (χ1n) is 9.66. The molecule has 7 heteroatoms. The Morgan fingerprint density at radius 3 is 2.61 bits per heavy atom. The van der Waals surface area contributed by atoms with Gasteiger partial charge in [-0.1, -0.05) is 6.07 Å². The van der Waals surface area contributed by atoms with Crippen molar-refractivity contribution in [3.8, 4) is 11.9 Å². The monoisotopic (exact) mass is 377 g/mol. The standard InChI is InChI=1S/C21H24BN3O3/c1-20(2)21(3,4)28-22(27-20)17-11-19(25-18-10-6-9-16(17)18)26-13-15-8-5-7-14(12-23)24-15/h5,7-8,11H,6,9-10,13H2,1-4H3. The molecule has 0 aromatic carbocycles. The van der Waals surface area contributed by atoms with E-state index in [-0.39, 0.29) is 6.61 Å². The van der Waals surface area contributed by atoms with Gasteiger partial charge in [-0.15, -0.1) is 0 Å². The van der Waals surface area contributed by atoms with E-state index in [9.17, 15) is 0 Å². The molecular formula is C21H24BN3O3. The maximum Gasteiger partial charge on any atom is 0.495 e. The largest absolute Gasteiger partial charge is 0.495 e. The van der Waals surface area contributed by atoms with E-state index in [1.165, 1.54) is 5.56 Å². The van der Waals surface area contributed by atoms with Gasteiger partial charge in [0, 0.05) is 11.8 Å². The van der Waals surface area contributed by atoms with Crippen LogP contribution >= 0.6 is 0 Å². The first kappa shape index (κ1) is 18.9. The first-order valence-corrected chi connectivity index (χ1v) is 9.66. The van der Waals surface area contributed by atoms with Crippen LogP contribution in [0.2, 0.25) is 0 Å². The summed E-state index contributed by atoms with van der Waals surface area (Å²) in [6.45, 7) is 8.48. The van der Waals surface area contributed by atoms with E-state index in [4.69, 9.17) is 19.3 Å². The Balaban J connectivity index is 1.60. The van der Waals surface area contributed by atoms with Crippen LogP contribution in [0.5, 0.6) is 5.88 Å². The van der Waals surface area contributed by atoms with Crippen molar-refractivity contribution in [1.29, 1.82) is 5.26 Å². The molecule has 0 bridgehead atoms. The Labute approximate surface area is 166 Å². The van der Waals surface area contributed by atoms with E-state index in [1.807, 2.05) is 18.2 Å². The molecule has 0 unspecified atom stereocenters. The Hall–Kier alpha value is -2.43. The average Bonchev–Trinajstić information content (AvgIpc) is 3.21. The van der Waals surface area contributed by atoms with Gasteiger partial charge in [0.1, 0.15) is 18.4 Å². The van der Waals surface area contributed by atoms with Crippen LogP contribution in [0.25, 0.3) is 0 Å². The molecule has 0 saturated carbocycles. The van der Waals surface area contributed by atoms with E-state index in [2.05, 4.69) is 37.7 Å². The van der Waals surface area contributed by atoms with E-state index < -0.39 is 18.3 Å². The van der Waals surface area contributed by atoms with Crippen molar-refractivity contribution in [2.24, 2.45) is 0 Å². The lowest BCUT2D eigenvalue weighted by atomic mass is 9.76. The Morgan fingerprint density at radius 2 is 1.89 bits per heavy atom. The number of ether oxygens (including phenoxy) is 1. The molecule has 2 aromatic heterocycles. The van der Waals surface area contributed by atoms with Crippen molar-refractivity contribution in [2.75, 3.05) is 0 Å². The van der Waals surface area contributed by atoms with Gasteiger partial charge in [0.2, 0.25) is 5.88 Å². The summed E-state index contributed by atoms with van der Waals surface area (Å²) in [6.07, 6.45) is 2.99. The van der Waals surface area contributed by atoms with Gasteiger partial charge in [0.15, 0.2) is 0 Å². The van der Waals surface area contributed by atoms with Crippen molar-refractivity contribution >= 4 is 12.6 Å². The SMILES string of the molecule is CC1(C)OB(c2cc(OCc3cccc(C#N)n3)nc3c2CCC3)OC1(C)C. The summed E-state index contributed by atoms with van der Waals surface area (Å²) in [6, 6.07) is 9.29. The van der Waals surface area contributed by atoms with Crippen molar-refractivity contribution in [2.45, 2.75) is 64.8 Å². The van der Waals surface area contributed by atoms with Crippen LogP contribution in [0, 0.1) is 11.3 Å². The number of hydrogen-bond acceptors (Lipinski definition) is 6. The van der Waals surface area contributed by atoms with Crippen molar-refractivity contribution in [3.63, 3.8) is 0 Å². The van der Waals surface area contributed by atoms with Gasteiger partial charge in [-0.05, 0) is 70.1 Å². The Morgan fingerprint density at radius 1 is 1.14 bits per heavy atom. The lowest BCUT2D eigenvalue weighted by molar-refractivity contribution is 0.00578. The molecule has 144 valence electrons. The third-order valence-electron chi connectivity index (χ3n) is 5.86. The van der Waals surface area contributed by atoms with Crippen molar-refractivity contribution in [3.05, 3.63) is 46.9 Å². The molecule has 2 aliphatic rings. The Kier molecular flexibility index (Phi) is 4.64. The van der Waals surface area contributed by atoms with Crippen LogP contribution in [-0.2, 0) is 28.8 Å². The third-order valence-corrected chi connectivity index (χ3v) is 5.86. The highest BCUT2D eigenvalue weighted by Crippen LogP contribution is 2.37. The number of fused-ring (bicyclic) bond motifs is 1. The summed E-state index contributed by atoms with van der Waals surface area (Å²) < 4.78 is 18.5. The number of hydrogen-bond donors (Lipinski definition) is 0. The Bertz CT molecular complexity index is 936. The zero-order chi connectivity index (χ0) is 19.9. The van der Waals surface area contributed by atoms with E-state index in [0.717, 1.165) is 30.4 Å². The molecule has 2 aromatic rings. The van der Waals surface area contributed by atoms with Crippen LogP contribution in [0.1, 0.15) is 56.8 Å². The van der Waals surface area contributed by atoms with Crippen molar-refractivity contribution < 1.29 is 14.0 Å². The third kappa shape index (κ3) is 3.39. The summed E-state index contributed by atoms with van der Waals surface area (Å²) in [5.74, 6) is 0.537. The zero-order valence-electron chi connectivity index (χ0n) is 16.8. The molecule has 0 radical (unpaired) electrons. The molecule has 1 aliphatic heterocycles. The smallest absolute Gasteiger partial charge is 0.471 e. The van der Waals surface area contributed by atoms with Gasteiger partial charge in [-0.25, -0.2) is 9.97 Å². The number of aromatic nitrogens is 2. The second-order valence-electron chi connectivity index (χ2n) is 8.33. The minimum atomic E-state index is -0.428. The molecule has 4 rings (SSSR count). The highest BCUT2D eigenvalue weighted by Gasteiger charge is 2.52. The molecule has 6 nitrogen and oxygen atoms in total. The van der Waals surface area contributed by atoms with Gasteiger partial charge >= 0.3 is 7.12 Å². The van der Waals surface area contributed by atoms with E-state index in [1.54, 1.807) is 12.1 Å². The van der Waals surface area contributed by atoms with Crippen LogP contribution < -0.4 is 10.2 Å². The number of aryl methyl sites for hydroxylation is 1. The molecule has 0 atom stereocenters. The van der Waals surface area contributed by atoms with Crippen LogP contribution in [-0.4, -0.2) is 28.3 Å². The van der Waals surface area contributed by atoms with Crippen LogP contribution in [0.4, 0.5) is 0 Å². The molecular weight excluding hydrogens is 353 g/mol. The minimum absolute atomic E-state index is 0.254. The molecule has 3 heterocycles. The number of nitrogens with zero attached hydrogens (tertiary/aromatic N) is 3. The highest BCUT2D eigenvalue weighted by molar-refractivity contribution is 6.62. The predicted octanol–water partition coefficient (Wildman–Crippen LogP) is 2.72. The summed E-state index contributed by atoms with van der Waals surface area (Å²) >= 11 is 0. The van der Waals surface area contributed by atoms with Crippen LogP contribution in [0.15, 0.2) is 24.3 Å². The fraction of sp³-hybridized carbons (Fsp3) is 0.476. The summed E-state index contributed by atoms with van der Waals surface area (Å²) in [5.41, 5.74) is 3.57. The van der Waals surface area contributed by atoms with Crippen molar-refractivity contribution in [1.82, 2.24) is 9.97 Å². The lowest BCUT2D eigenvalue weighted by Gasteiger charge is -2.32. The second-order valence-corrected chi connectivity index (χ2v) is 8.33. The highest BCUT2D eigenvalue weighted by atomic mass is 16.7. The molecule has 0 amide bonds. The summed E-state index contributed by atoms with van der Waals surface area (Å²) in [7, 11) is -0.428. The molecule has 0 N–H and O–H groups in total. The van der Waals surface area contributed by atoms with Gasteiger partial charge < -0.3 is 14.0 Å². The molecule has 0 spiro atoms. The number of pyridine rings is 2. The average molecular weight is 377 g/mol. The van der Waals surface area contributed by atoms with Gasteiger partial charge in [0.05, 0.1) is 16.9 Å². The quantitative estimate of drug-likeness (QED) is 0.763. The van der Waals surface area contributed by atoms with Gasteiger partial charge in [-0.3, -0.25) is 0 Å². The van der Waals surface area contributed by atoms with E-state index in [0.29, 0.717) is 17.3 Å². The molecule has 28 heavy (non-hydrogen) atoms. The van der Waals surface area contributed by atoms with Gasteiger partial charge in [-0.2, -0.15) is 5.26 Å². The maximum atomic E-state index is 9.00. The fourth-order valence-electron chi connectivity index (χ4n) is 3.57. The minimum Gasteiger partial charge on any atom is -0.471 e. The lowest BCUT2D eigenvalue weighted by Crippen LogP contribution is -2.41. The molecule has 1 aliphatic carbocycles. The van der Waals surface area contributed by atoms with Gasteiger partial charge in [0.25, 0.3) is 0 Å². The second kappa shape index (κ2) is 6.87. The topological polar surface area (TPSA) is 77.3 Å². The molecule has 1 fully saturated rings. The number of rotatable bonds is 4. The fourth-order valence-corrected chi connectivity index (χ4v) is 3.57. The summed E-state index contributed by atoms with van der Waals surface area (Å²) in [5, 5.41) is 9.00. The maximum absolute atomic E-state index is 9.00. The first-order chi connectivity index (χ1) is 13.3. The number of nitriles is 1. The van der Waals surface area contributed by atoms with Crippen LogP contribution in [0.3, 0.4) is 0 Å². The predicted molar refractivity (Wildman–Crippen MR) is 105 cm³/mol. The normalized spacial score (nSPS) is 19.3. The zero-order valence-corrected chi connectivity index (χ0v) is 16.8. The molecule has 1 saturated heterocycles. The summed E-state index contributed by atoms with van der Waals surface area (Å²) in [4.78, 5) is 8.94.